The quantitative estimate of drug-likeness (QED) is 0.222. The number of ketones is 2. The Bertz CT molecular complexity index is 670. The highest BCUT2D eigenvalue weighted by Crippen LogP contribution is 2.05. The fraction of sp³-hybridized carbons (Fsp3) is 0.267. The van der Waals surface area contributed by atoms with Crippen molar-refractivity contribution in [2.45, 2.75) is 19.3 Å². The third-order valence-electron chi connectivity index (χ3n) is 2.41. The molecule has 0 aliphatic carbocycles. The Hall–Kier alpha value is -3.83. The molecule has 0 aromatic rings. The van der Waals surface area contributed by atoms with Crippen LogP contribution in [0.5, 0.6) is 0 Å². The van der Waals surface area contributed by atoms with Crippen LogP contribution in [-0.4, -0.2) is 66.9 Å². The third-order valence-corrected chi connectivity index (χ3v) is 2.41. The molecular weight excluding hydrogens is 372 g/mol. The molecule has 0 aliphatic heterocycles. The maximum atomic E-state index is 10.5. The Kier molecular flexibility index (Phi) is 12.7. The van der Waals surface area contributed by atoms with Crippen molar-refractivity contribution in [3.05, 3.63) is 24.3 Å². The van der Waals surface area contributed by atoms with E-state index in [0.29, 0.717) is 6.08 Å². The lowest BCUT2D eigenvalue weighted by atomic mass is 10.1. The van der Waals surface area contributed by atoms with Gasteiger partial charge >= 0.3 is 29.8 Å². The molecule has 12 heteroatoms. The van der Waals surface area contributed by atoms with Crippen LogP contribution in [0, 0.1) is 5.92 Å². The van der Waals surface area contributed by atoms with Crippen LogP contribution < -0.4 is 0 Å². The lowest BCUT2D eigenvalue weighted by molar-refractivity contribution is -0.147. The Morgan fingerprint density at radius 1 is 0.704 bits per heavy atom. The summed E-state index contributed by atoms with van der Waals surface area (Å²) in [5.41, 5.74) is 0. The van der Waals surface area contributed by atoms with Gasteiger partial charge in [-0.3, -0.25) is 24.0 Å². The molecule has 0 aromatic heterocycles. The van der Waals surface area contributed by atoms with Crippen molar-refractivity contribution in [1.82, 2.24) is 0 Å². The SMILES string of the molecule is O=C(O)CC(/C=C/C(=O)C(=O)O)C(=O)O.O=C(O)CC/C=C/C(=O)C(=O)O. The number of carbonyl (C=O) groups is 7. The molecule has 0 rings (SSSR count). The molecule has 148 valence electrons. The smallest absolute Gasteiger partial charge is 0.376 e. The number of carbonyl (C=O) groups excluding carboxylic acids is 2. The second kappa shape index (κ2) is 13.5. The second-order valence-electron chi connectivity index (χ2n) is 4.58. The van der Waals surface area contributed by atoms with Crippen molar-refractivity contribution < 1.29 is 59.1 Å². The van der Waals surface area contributed by atoms with E-state index in [1.807, 2.05) is 0 Å². The van der Waals surface area contributed by atoms with Crippen molar-refractivity contribution in [1.29, 1.82) is 0 Å². The van der Waals surface area contributed by atoms with Crippen LogP contribution in [0.4, 0.5) is 0 Å². The first-order valence-corrected chi connectivity index (χ1v) is 6.94. The average Bonchev–Trinajstić information content (AvgIpc) is 2.54. The molecule has 12 nitrogen and oxygen atoms in total. The molecule has 0 saturated carbocycles. The number of rotatable bonds is 11. The van der Waals surface area contributed by atoms with Gasteiger partial charge in [0.05, 0.1) is 12.3 Å². The number of hydrogen-bond acceptors (Lipinski definition) is 7. The summed E-state index contributed by atoms with van der Waals surface area (Å²) < 4.78 is 0. The topological polar surface area (TPSA) is 221 Å². The second-order valence-corrected chi connectivity index (χ2v) is 4.58. The molecule has 0 aliphatic rings. The highest BCUT2D eigenvalue weighted by Gasteiger charge is 2.18. The highest BCUT2D eigenvalue weighted by atomic mass is 16.4. The van der Waals surface area contributed by atoms with Gasteiger partial charge < -0.3 is 25.5 Å². The van der Waals surface area contributed by atoms with E-state index in [2.05, 4.69) is 0 Å². The monoisotopic (exact) mass is 388 g/mol. The van der Waals surface area contributed by atoms with Gasteiger partial charge in [0.25, 0.3) is 11.6 Å². The predicted molar refractivity (Wildman–Crippen MR) is 83.8 cm³/mol. The molecule has 0 amide bonds. The van der Waals surface area contributed by atoms with E-state index < -0.39 is 53.8 Å². The fourth-order valence-electron chi connectivity index (χ4n) is 1.17. The Balaban J connectivity index is 0. The Morgan fingerprint density at radius 2 is 1.19 bits per heavy atom. The summed E-state index contributed by atoms with van der Waals surface area (Å²) in [6.07, 6.45) is 2.70. The zero-order valence-electron chi connectivity index (χ0n) is 13.6. The van der Waals surface area contributed by atoms with E-state index in [4.69, 9.17) is 25.5 Å². The first-order chi connectivity index (χ1) is 12.4. The largest absolute Gasteiger partial charge is 0.481 e. The number of allylic oxidation sites excluding steroid dienone is 1. The van der Waals surface area contributed by atoms with E-state index in [1.165, 1.54) is 6.08 Å². The van der Waals surface area contributed by atoms with Crippen molar-refractivity contribution >= 4 is 41.4 Å². The normalized spacial score (nSPS) is 11.3. The third kappa shape index (κ3) is 15.4. The van der Waals surface area contributed by atoms with Gasteiger partial charge in [-0.25, -0.2) is 9.59 Å². The van der Waals surface area contributed by atoms with Crippen molar-refractivity contribution in [2.75, 3.05) is 0 Å². The van der Waals surface area contributed by atoms with E-state index in [1.54, 1.807) is 0 Å². The summed E-state index contributed by atoms with van der Waals surface area (Å²) in [4.78, 5) is 71.4. The van der Waals surface area contributed by atoms with Gasteiger partial charge in [0.15, 0.2) is 0 Å². The van der Waals surface area contributed by atoms with Crippen molar-refractivity contribution in [3.63, 3.8) is 0 Å². The molecule has 0 spiro atoms. The van der Waals surface area contributed by atoms with Crippen molar-refractivity contribution in [2.24, 2.45) is 5.92 Å². The minimum Gasteiger partial charge on any atom is -0.481 e. The maximum Gasteiger partial charge on any atom is 0.376 e. The number of carboxylic acid groups (broad SMARTS) is 5. The first kappa shape index (κ1) is 25.4. The molecule has 0 aromatic carbocycles. The van der Waals surface area contributed by atoms with Crippen LogP contribution >= 0.6 is 0 Å². The summed E-state index contributed by atoms with van der Waals surface area (Å²) in [5, 5.41) is 41.2. The minimum absolute atomic E-state index is 0.108. The summed E-state index contributed by atoms with van der Waals surface area (Å²) >= 11 is 0. The summed E-state index contributed by atoms with van der Waals surface area (Å²) in [5.74, 6) is -10.8. The predicted octanol–water partition coefficient (Wildman–Crippen LogP) is -0.567. The minimum atomic E-state index is -1.73. The van der Waals surface area contributed by atoms with Gasteiger partial charge in [-0.15, -0.1) is 0 Å². The molecular formula is C15H16O12. The van der Waals surface area contributed by atoms with Crippen LogP contribution in [0.2, 0.25) is 0 Å². The molecule has 0 radical (unpaired) electrons. The van der Waals surface area contributed by atoms with Gasteiger partial charge in [-0.1, -0.05) is 12.2 Å². The van der Waals surface area contributed by atoms with Gasteiger partial charge in [0.2, 0.25) is 0 Å². The van der Waals surface area contributed by atoms with Gasteiger partial charge in [-0.05, 0) is 18.6 Å². The number of carboxylic acids is 5. The van der Waals surface area contributed by atoms with Crippen LogP contribution in [0.3, 0.4) is 0 Å². The zero-order valence-corrected chi connectivity index (χ0v) is 13.6. The standard InChI is InChI=1S/C8H8O7.C7H8O5/c9-5(8(14)15)2-1-4(7(12)13)3-6(10)11;8-5(7(11)12)3-1-2-4-6(9)10/h1-2,4H,3H2,(H,10,11)(H,12,13)(H,14,15);1,3H,2,4H2,(H,9,10)(H,11,12)/b2-1+;3-1+. The number of aliphatic carboxylic acids is 5. The average molecular weight is 388 g/mol. The molecule has 1 atom stereocenters. The van der Waals surface area contributed by atoms with E-state index in [9.17, 15) is 33.6 Å². The van der Waals surface area contributed by atoms with Gasteiger partial charge in [0, 0.05) is 6.42 Å². The Labute approximate surface area is 151 Å². The summed E-state index contributed by atoms with van der Waals surface area (Å²) in [7, 11) is 0. The molecule has 27 heavy (non-hydrogen) atoms. The van der Waals surface area contributed by atoms with Crippen LogP contribution in [0.1, 0.15) is 19.3 Å². The summed E-state index contributed by atoms with van der Waals surface area (Å²) in [6, 6.07) is 0. The zero-order chi connectivity index (χ0) is 21.6. The molecule has 0 saturated heterocycles. The fourth-order valence-corrected chi connectivity index (χ4v) is 1.17. The van der Waals surface area contributed by atoms with Gasteiger partial charge in [-0.2, -0.15) is 0 Å². The molecule has 1 unspecified atom stereocenters. The Morgan fingerprint density at radius 3 is 1.56 bits per heavy atom. The van der Waals surface area contributed by atoms with Crippen LogP contribution in [0.15, 0.2) is 24.3 Å². The first-order valence-electron chi connectivity index (χ1n) is 6.94. The summed E-state index contributed by atoms with van der Waals surface area (Å²) in [6.45, 7) is 0. The van der Waals surface area contributed by atoms with E-state index >= 15 is 0 Å². The number of hydrogen-bond donors (Lipinski definition) is 5. The van der Waals surface area contributed by atoms with E-state index in [-0.39, 0.29) is 12.8 Å². The van der Waals surface area contributed by atoms with E-state index in [0.717, 1.165) is 12.2 Å². The van der Waals surface area contributed by atoms with Crippen molar-refractivity contribution in [3.8, 4) is 0 Å². The molecule has 0 bridgehead atoms. The maximum absolute atomic E-state index is 10.5. The van der Waals surface area contributed by atoms with Gasteiger partial charge in [0.1, 0.15) is 0 Å². The molecule has 5 N–H and O–H groups in total. The highest BCUT2D eigenvalue weighted by molar-refractivity contribution is 6.37. The van der Waals surface area contributed by atoms with Crippen LogP contribution in [0.25, 0.3) is 0 Å². The lowest BCUT2D eigenvalue weighted by Gasteiger charge is -2.02. The van der Waals surface area contributed by atoms with Crippen LogP contribution in [-0.2, 0) is 33.6 Å². The molecule has 0 heterocycles. The molecule has 0 fully saturated rings. The lowest BCUT2D eigenvalue weighted by Crippen LogP contribution is -2.17.